The summed E-state index contributed by atoms with van der Waals surface area (Å²) in [5, 5.41) is 37.1. The van der Waals surface area contributed by atoms with Gasteiger partial charge in [-0.15, -0.1) is 0 Å². The van der Waals surface area contributed by atoms with Crippen LogP contribution in [0.3, 0.4) is 0 Å². The van der Waals surface area contributed by atoms with E-state index in [2.05, 4.69) is 9.47 Å². The lowest BCUT2D eigenvalue weighted by molar-refractivity contribution is -0.150. The fraction of sp³-hybridized carbons (Fsp3) is 0.625. The van der Waals surface area contributed by atoms with E-state index >= 15 is 0 Å². The number of esters is 3. The molecule has 2 aromatic rings. The van der Waals surface area contributed by atoms with Crippen LogP contribution in [0, 0.1) is 0 Å². The second-order valence-electron chi connectivity index (χ2n) is 9.42. The number of aliphatic hydroxyl groups is 4. The number of hydrogen-bond donors (Lipinski definition) is 4. The van der Waals surface area contributed by atoms with Crippen LogP contribution in [0.15, 0.2) is 28.8 Å². The highest BCUT2D eigenvalue weighted by Crippen LogP contribution is 1.95. The monoisotopic (exact) mass is 678 g/mol. The van der Waals surface area contributed by atoms with Gasteiger partial charge in [0.2, 0.25) is 0 Å². The average molecular weight is 679 g/mol. The molecular formula is C24H34N6O17. The summed E-state index contributed by atoms with van der Waals surface area (Å²) >= 11 is 0. The van der Waals surface area contributed by atoms with E-state index in [0.29, 0.717) is 13.7 Å². The van der Waals surface area contributed by atoms with E-state index in [1.165, 1.54) is 7.11 Å². The molecular weight excluding hydrogens is 644 g/mol. The first-order valence-corrected chi connectivity index (χ1v) is 13.6. The minimum atomic E-state index is -1.73. The van der Waals surface area contributed by atoms with Crippen molar-refractivity contribution >= 4 is 17.9 Å². The fourth-order valence-corrected chi connectivity index (χ4v) is 3.83. The van der Waals surface area contributed by atoms with Crippen LogP contribution < -0.4 is 34.1 Å². The molecule has 2 rings (SSSR count). The van der Waals surface area contributed by atoms with Crippen molar-refractivity contribution in [2.24, 2.45) is 0 Å². The third-order valence-electron chi connectivity index (χ3n) is 6.33. The van der Waals surface area contributed by atoms with Gasteiger partial charge in [0.05, 0.1) is 46.6 Å². The van der Waals surface area contributed by atoms with Crippen molar-refractivity contribution in [1.82, 2.24) is 27.4 Å². The van der Waals surface area contributed by atoms with Gasteiger partial charge >= 0.3 is 52.0 Å². The van der Waals surface area contributed by atoms with Crippen molar-refractivity contribution in [3.63, 3.8) is 0 Å². The lowest BCUT2D eigenvalue weighted by atomic mass is 10.2. The molecule has 0 amide bonds. The zero-order chi connectivity index (χ0) is 35.4. The molecule has 0 saturated heterocycles. The number of rotatable bonds is 18. The third-order valence-corrected chi connectivity index (χ3v) is 6.33. The molecule has 2 aromatic heterocycles. The fourth-order valence-electron chi connectivity index (χ4n) is 3.83. The molecule has 0 radical (unpaired) electrons. The molecule has 47 heavy (non-hydrogen) atoms. The lowest BCUT2D eigenvalue weighted by Crippen LogP contribution is -2.56. The Labute approximate surface area is 261 Å². The van der Waals surface area contributed by atoms with Crippen LogP contribution in [-0.4, -0.2) is 125 Å². The van der Waals surface area contributed by atoms with E-state index in [0.717, 1.165) is 7.11 Å². The van der Waals surface area contributed by atoms with Crippen LogP contribution >= 0.6 is 0 Å². The maximum atomic E-state index is 13.0. The quantitative estimate of drug-likeness (QED) is 0.0840. The molecule has 4 N–H and O–H groups in total. The maximum absolute atomic E-state index is 13.0. The molecule has 262 valence electrons. The molecule has 2 unspecified atom stereocenters. The first kappa shape index (κ1) is 38.2. The van der Waals surface area contributed by atoms with Crippen molar-refractivity contribution in [1.29, 1.82) is 0 Å². The zero-order valence-electron chi connectivity index (χ0n) is 25.2. The van der Waals surface area contributed by atoms with Crippen LogP contribution in [-0.2, 0) is 72.6 Å². The number of ether oxygens (including phenoxy) is 4. The summed E-state index contributed by atoms with van der Waals surface area (Å²) in [5.41, 5.74) is -7.72. The molecule has 0 aliphatic rings. The number of carbonyl (C=O) groups excluding carboxylic acids is 3. The Bertz CT molecular complexity index is 1800. The van der Waals surface area contributed by atoms with Gasteiger partial charge in [0.1, 0.15) is 45.1 Å². The normalized spacial score (nSPS) is 12.4. The van der Waals surface area contributed by atoms with Crippen LogP contribution in [0.1, 0.15) is 0 Å². The van der Waals surface area contributed by atoms with Gasteiger partial charge in [-0.3, -0.25) is 14.4 Å². The molecule has 2 heterocycles. The van der Waals surface area contributed by atoms with Gasteiger partial charge in [-0.25, -0.2) is 56.2 Å². The largest absolute Gasteiger partial charge is 0.468 e. The van der Waals surface area contributed by atoms with Gasteiger partial charge in [0.15, 0.2) is 0 Å². The van der Waals surface area contributed by atoms with Gasteiger partial charge in [0.25, 0.3) is 0 Å². The number of carbonyl (C=O) groups is 3. The summed E-state index contributed by atoms with van der Waals surface area (Å²) in [6.07, 6.45) is -3.42. The van der Waals surface area contributed by atoms with Gasteiger partial charge in [-0.1, -0.05) is 0 Å². The highest BCUT2D eigenvalue weighted by molar-refractivity contribution is 5.70. The van der Waals surface area contributed by atoms with E-state index in [4.69, 9.17) is 14.6 Å². The van der Waals surface area contributed by atoms with Gasteiger partial charge in [0, 0.05) is 7.11 Å². The highest BCUT2D eigenvalue weighted by Gasteiger charge is 2.23. The van der Waals surface area contributed by atoms with Gasteiger partial charge in [-0.05, 0) is 0 Å². The minimum Gasteiger partial charge on any atom is -0.468 e. The van der Waals surface area contributed by atoms with Crippen molar-refractivity contribution in [3.8, 4) is 0 Å². The number of hydrogen-bond acceptors (Lipinski definition) is 17. The summed E-state index contributed by atoms with van der Waals surface area (Å²) in [6.45, 7) is -7.95. The van der Waals surface area contributed by atoms with Crippen LogP contribution in [0.2, 0.25) is 0 Å². The molecule has 0 aliphatic carbocycles. The Morgan fingerprint density at radius 1 is 0.574 bits per heavy atom. The van der Waals surface area contributed by atoms with Crippen LogP contribution in [0.5, 0.6) is 0 Å². The van der Waals surface area contributed by atoms with E-state index in [9.17, 15) is 58.5 Å². The Balaban J connectivity index is 2.37. The zero-order valence-corrected chi connectivity index (χ0v) is 25.2. The van der Waals surface area contributed by atoms with E-state index < -0.39 is 123 Å². The first-order chi connectivity index (χ1) is 22.2. The molecule has 0 spiro atoms. The Hall–Kier alpha value is -4.97. The summed E-state index contributed by atoms with van der Waals surface area (Å²) < 4.78 is 21.1. The predicted molar refractivity (Wildman–Crippen MR) is 150 cm³/mol. The SMILES string of the molecule is COCCn1c(=O)n(CCO)c(=O)n(CCOC(=O)Cn2c(=O)n(CC(=O)OC)c(=O)n(CC(=O)OCC(O)C(O)CO)c2=O)c1=O. The average Bonchev–Trinajstić information content (AvgIpc) is 3.05. The molecule has 23 nitrogen and oxygen atoms in total. The maximum Gasteiger partial charge on any atom is 0.337 e. The molecule has 2 atom stereocenters. The number of aromatic nitrogens is 6. The summed E-state index contributed by atoms with van der Waals surface area (Å²) in [4.78, 5) is 114. The van der Waals surface area contributed by atoms with E-state index in [1.807, 2.05) is 0 Å². The molecule has 0 bridgehead atoms. The molecule has 0 aliphatic heterocycles. The predicted octanol–water partition coefficient (Wildman–Crippen LogP) is -8.03. The first-order valence-electron chi connectivity index (χ1n) is 13.6. The number of nitrogens with zero attached hydrogens (tertiary/aromatic N) is 6. The van der Waals surface area contributed by atoms with E-state index in [1.54, 1.807) is 0 Å². The molecule has 0 aromatic carbocycles. The van der Waals surface area contributed by atoms with Gasteiger partial charge < -0.3 is 39.4 Å². The number of aliphatic hydroxyl groups excluding tert-OH is 4. The Morgan fingerprint density at radius 2 is 0.979 bits per heavy atom. The molecule has 0 saturated carbocycles. The van der Waals surface area contributed by atoms with Crippen molar-refractivity contribution in [2.45, 2.75) is 51.5 Å². The van der Waals surface area contributed by atoms with Crippen molar-refractivity contribution in [2.75, 3.05) is 47.3 Å². The summed E-state index contributed by atoms with van der Waals surface area (Å²) in [7, 11) is 2.23. The Kier molecular flexibility index (Phi) is 14.4. The standard InChI is InChI=1S/C24H34N6O17/c1-44-7-4-26-19(38)25(3-6-31)20(39)27(21(26)40)5-8-46-17(36)10-29-22(41)28(9-16(35)45-2)23(42)30(24(29)43)11-18(37)47-13-15(34)14(33)12-32/h14-15,31-34H,3-13H2,1-2H3. The molecule has 23 heteroatoms. The summed E-state index contributed by atoms with van der Waals surface area (Å²) in [6, 6.07) is 0. The minimum absolute atomic E-state index is 0.0849. The Morgan fingerprint density at radius 3 is 1.40 bits per heavy atom. The second kappa shape index (κ2) is 17.7. The highest BCUT2D eigenvalue weighted by atomic mass is 16.5. The third kappa shape index (κ3) is 9.52. The van der Waals surface area contributed by atoms with Crippen molar-refractivity contribution in [3.05, 3.63) is 62.9 Å². The van der Waals surface area contributed by atoms with Crippen LogP contribution in [0.4, 0.5) is 0 Å². The van der Waals surface area contributed by atoms with Crippen molar-refractivity contribution < 1.29 is 53.8 Å². The lowest BCUT2D eigenvalue weighted by Gasteiger charge is -2.16. The van der Waals surface area contributed by atoms with E-state index in [-0.39, 0.29) is 26.9 Å². The second-order valence-corrected chi connectivity index (χ2v) is 9.42. The smallest absolute Gasteiger partial charge is 0.337 e. The molecule has 0 fully saturated rings. The topological polar surface area (TPSA) is 301 Å². The summed E-state index contributed by atoms with van der Waals surface area (Å²) in [5.74, 6) is -3.79. The van der Waals surface area contributed by atoms with Gasteiger partial charge in [-0.2, -0.15) is 0 Å². The number of methoxy groups -OCH3 is 2. The van der Waals surface area contributed by atoms with Crippen LogP contribution in [0.25, 0.3) is 0 Å².